The number of aliphatic imine (C=N–C) groups is 1. The molecular formula is C22H25F2N5O. The Bertz CT molecular complexity index is 997. The van der Waals surface area contributed by atoms with E-state index >= 15 is 0 Å². The number of hydrogen-bond donors (Lipinski definition) is 3. The normalized spacial score (nSPS) is 23.3. The van der Waals surface area contributed by atoms with Crippen LogP contribution in [0.2, 0.25) is 0 Å². The Kier molecular flexibility index (Phi) is 5.42. The van der Waals surface area contributed by atoms with Crippen molar-refractivity contribution in [2.45, 2.75) is 38.9 Å². The van der Waals surface area contributed by atoms with Gasteiger partial charge in [-0.2, -0.15) is 4.99 Å². The second-order valence-electron chi connectivity index (χ2n) is 7.89. The van der Waals surface area contributed by atoms with Gasteiger partial charge in [-0.05, 0) is 44.5 Å². The number of fused-ring (bicyclic) bond motifs is 2. The zero-order valence-corrected chi connectivity index (χ0v) is 17.1. The summed E-state index contributed by atoms with van der Waals surface area (Å²) in [6, 6.07) is 2.74. The summed E-state index contributed by atoms with van der Waals surface area (Å²) in [5.74, 6) is -0.268. The smallest absolute Gasteiger partial charge is 0.346 e. The lowest BCUT2D eigenvalue weighted by molar-refractivity contribution is 0.244. The van der Waals surface area contributed by atoms with Crippen LogP contribution in [0.3, 0.4) is 0 Å². The van der Waals surface area contributed by atoms with E-state index in [1.54, 1.807) is 0 Å². The largest absolute Gasteiger partial charge is 0.372 e. The Morgan fingerprint density at radius 3 is 2.93 bits per heavy atom. The molecule has 2 aliphatic heterocycles. The second-order valence-corrected chi connectivity index (χ2v) is 7.89. The van der Waals surface area contributed by atoms with Crippen molar-refractivity contribution < 1.29 is 13.6 Å². The fourth-order valence-electron chi connectivity index (χ4n) is 4.07. The first kappa shape index (κ1) is 20.3. The van der Waals surface area contributed by atoms with E-state index in [2.05, 4.69) is 52.3 Å². The van der Waals surface area contributed by atoms with Crippen molar-refractivity contribution in [3.8, 4) is 0 Å². The first-order chi connectivity index (χ1) is 14.3. The predicted molar refractivity (Wildman–Crippen MR) is 112 cm³/mol. The molecule has 6 nitrogen and oxygen atoms in total. The second kappa shape index (κ2) is 8.02. The number of allylic oxidation sites excluding steroid dienone is 2. The summed E-state index contributed by atoms with van der Waals surface area (Å²) < 4.78 is 27.2. The average molecular weight is 413 g/mol. The van der Waals surface area contributed by atoms with Crippen molar-refractivity contribution in [3.63, 3.8) is 0 Å². The molecule has 2 atom stereocenters. The van der Waals surface area contributed by atoms with Crippen LogP contribution in [0.25, 0.3) is 0 Å². The van der Waals surface area contributed by atoms with E-state index in [4.69, 9.17) is 0 Å². The first-order valence-electron chi connectivity index (χ1n) is 9.97. The van der Waals surface area contributed by atoms with Crippen LogP contribution in [-0.2, 0) is 6.54 Å². The Labute approximate surface area is 174 Å². The maximum absolute atomic E-state index is 13.8. The molecule has 1 aromatic carbocycles. The molecule has 0 radical (unpaired) electrons. The molecule has 0 bridgehead atoms. The molecule has 1 fully saturated rings. The quantitative estimate of drug-likeness (QED) is 0.650. The average Bonchev–Trinajstić information content (AvgIpc) is 2.69. The van der Waals surface area contributed by atoms with Crippen molar-refractivity contribution >= 4 is 11.9 Å². The van der Waals surface area contributed by atoms with Crippen LogP contribution in [0.4, 0.5) is 13.6 Å². The van der Waals surface area contributed by atoms with Gasteiger partial charge in [0.15, 0.2) is 0 Å². The van der Waals surface area contributed by atoms with Crippen molar-refractivity contribution in [2.24, 2.45) is 4.99 Å². The van der Waals surface area contributed by atoms with Gasteiger partial charge in [0.05, 0.1) is 6.04 Å². The zero-order chi connectivity index (χ0) is 21.4. The van der Waals surface area contributed by atoms with Crippen LogP contribution in [0.5, 0.6) is 0 Å². The predicted octanol–water partition coefficient (Wildman–Crippen LogP) is 2.96. The lowest BCUT2D eigenvalue weighted by atomic mass is 9.88. The van der Waals surface area contributed by atoms with Crippen molar-refractivity contribution in [1.29, 1.82) is 0 Å². The van der Waals surface area contributed by atoms with Crippen LogP contribution in [0, 0.1) is 11.6 Å². The number of benzene rings is 1. The monoisotopic (exact) mass is 413 g/mol. The molecule has 3 N–H and O–H groups in total. The highest BCUT2D eigenvalue weighted by atomic mass is 19.1. The number of carbonyl (C=O) groups excluding carboxylic acids is 1. The fraction of sp³-hybridized carbons (Fsp3) is 0.364. The summed E-state index contributed by atoms with van der Waals surface area (Å²) in [5.41, 5.74) is 4.41. The molecule has 0 aromatic heterocycles. The summed E-state index contributed by atoms with van der Waals surface area (Å²) in [5, 5.41) is 9.31. The van der Waals surface area contributed by atoms with Gasteiger partial charge in [0.25, 0.3) is 0 Å². The van der Waals surface area contributed by atoms with Crippen LogP contribution in [-0.4, -0.2) is 41.9 Å². The molecule has 1 aliphatic carbocycles. The SMILES string of the molecule is C=C1NC(=O)N=C2C1NC1=CC(C)=C(C)CC1N2CCNCc1cc(F)ccc1F. The van der Waals surface area contributed by atoms with E-state index in [-0.39, 0.29) is 24.2 Å². The van der Waals surface area contributed by atoms with Crippen molar-refractivity contribution in [2.75, 3.05) is 13.1 Å². The minimum atomic E-state index is -0.464. The summed E-state index contributed by atoms with van der Waals surface area (Å²) in [4.78, 5) is 18.3. The zero-order valence-electron chi connectivity index (χ0n) is 17.1. The number of urea groups is 1. The molecule has 1 aromatic rings. The molecule has 8 heteroatoms. The molecular weight excluding hydrogens is 388 g/mol. The molecule has 2 unspecified atom stereocenters. The lowest BCUT2D eigenvalue weighted by Gasteiger charge is -2.47. The van der Waals surface area contributed by atoms with Gasteiger partial charge in [-0.25, -0.2) is 13.6 Å². The maximum atomic E-state index is 13.8. The highest BCUT2D eigenvalue weighted by Gasteiger charge is 2.41. The van der Waals surface area contributed by atoms with Crippen LogP contribution in [0.1, 0.15) is 25.8 Å². The van der Waals surface area contributed by atoms with E-state index in [9.17, 15) is 13.6 Å². The highest BCUT2D eigenvalue weighted by Crippen LogP contribution is 2.32. The Morgan fingerprint density at radius 1 is 1.33 bits per heavy atom. The van der Waals surface area contributed by atoms with Crippen LogP contribution >= 0.6 is 0 Å². The van der Waals surface area contributed by atoms with Crippen LogP contribution < -0.4 is 16.0 Å². The Morgan fingerprint density at radius 2 is 2.13 bits per heavy atom. The molecule has 1 saturated heterocycles. The molecule has 3 aliphatic rings. The maximum Gasteiger partial charge on any atom is 0.346 e. The van der Waals surface area contributed by atoms with Crippen molar-refractivity contribution in [3.05, 3.63) is 70.6 Å². The van der Waals surface area contributed by atoms with E-state index < -0.39 is 17.7 Å². The van der Waals surface area contributed by atoms with Gasteiger partial charge in [0.2, 0.25) is 0 Å². The Hall–Kier alpha value is -3.00. The third-order valence-electron chi connectivity index (χ3n) is 5.83. The number of hydrogen-bond acceptors (Lipinski definition) is 4. The topological polar surface area (TPSA) is 68.8 Å². The standard InChI is InChI=1S/C22H25F2N5O/c1-12-8-18-19(9-13(12)2)29(21-20(27-18)14(3)26-22(30)28-21)7-6-25-11-15-10-16(23)4-5-17(15)24/h4-5,8,10,19-20,25,27H,3,6-7,9,11H2,1-2H3,(H,26,30). The van der Waals surface area contributed by atoms with E-state index in [0.29, 0.717) is 24.6 Å². The minimum absolute atomic E-state index is 0.0371. The summed E-state index contributed by atoms with van der Waals surface area (Å²) in [6.07, 6.45) is 2.95. The van der Waals surface area contributed by atoms with Gasteiger partial charge >= 0.3 is 6.03 Å². The number of nitrogens with one attached hydrogen (secondary N) is 3. The van der Waals surface area contributed by atoms with Gasteiger partial charge in [0, 0.05) is 36.6 Å². The number of amidine groups is 1. The number of carbonyl (C=O) groups is 1. The highest BCUT2D eigenvalue weighted by molar-refractivity contribution is 6.03. The van der Waals surface area contributed by atoms with E-state index in [1.165, 1.54) is 17.2 Å². The molecule has 0 saturated carbocycles. The van der Waals surface area contributed by atoms with Gasteiger partial charge in [-0.15, -0.1) is 0 Å². The van der Waals surface area contributed by atoms with E-state index in [1.807, 2.05) is 0 Å². The molecule has 2 amide bonds. The number of halogens is 2. The number of amides is 2. The van der Waals surface area contributed by atoms with Gasteiger partial charge < -0.3 is 20.9 Å². The summed E-state index contributed by atoms with van der Waals surface area (Å²) in [7, 11) is 0. The molecule has 158 valence electrons. The van der Waals surface area contributed by atoms with E-state index in [0.717, 1.165) is 24.3 Å². The number of nitrogens with zero attached hydrogens (tertiary/aromatic N) is 2. The van der Waals surface area contributed by atoms with Crippen LogP contribution in [0.15, 0.2) is 58.4 Å². The third-order valence-corrected chi connectivity index (χ3v) is 5.83. The van der Waals surface area contributed by atoms with Gasteiger partial charge in [0.1, 0.15) is 23.5 Å². The number of rotatable bonds is 5. The molecule has 2 heterocycles. The molecule has 30 heavy (non-hydrogen) atoms. The first-order valence-corrected chi connectivity index (χ1v) is 9.97. The van der Waals surface area contributed by atoms with Gasteiger partial charge in [-0.3, -0.25) is 0 Å². The number of piperazine rings is 1. The minimum Gasteiger partial charge on any atom is -0.372 e. The summed E-state index contributed by atoms with van der Waals surface area (Å²) in [6.45, 7) is 9.45. The molecule has 0 spiro atoms. The van der Waals surface area contributed by atoms with Crippen molar-refractivity contribution in [1.82, 2.24) is 20.9 Å². The molecule has 4 rings (SSSR count). The summed E-state index contributed by atoms with van der Waals surface area (Å²) >= 11 is 0. The Balaban J connectivity index is 1.51. The lowest BCUT2D eigenvalue weighted by Crippen LogP contribution is -2.63. The van der Waals surface area contributed by atoms with Gasteiger partial charge in [-0.1, -0.05) is 17.7 Å². The third kappa shape index (κ3) is 3.87. The fourth-order valence-corrected chi connectivity index (χ4v) is 4.07.